The van der Waals surface area contributed by atoms with Crippen molar-refractivity contribution in [3.05, 3.63) is 29.8 Å². The highest BCUT2D eigenvalue weighted by molar-refractivity contribution is 5.78. The molecular formula is C16H23NO3. The second-order valence-corrected chi connectivity index (χ2v) is 5.22. The van der Waals surface area contributed by atoms with Crippen LogP contribution in [0.5, 0.6) is 5.75 Å². The summed E-state index contributed by atoms with van der Waals surface area (Å²) in [6.07, 6.45) is 3.03. The predicted molar refractivity (Wildman–Crippen MR) is 77.9 cm³/mol. The molecular weight excluding hydrogens is 254 g/mol. The molecule has 0 aliphatic carbocycles. The molecule has 0 aromatic heterocycles. The van der Waals surface area contributed by atoms with E-state index >= 15 is 0 Å². The van der Waals surface area contributed by atoms with Crippen molar-refractivity contribution >= 4 is 5.91 Å². The first-order chi connectivity index (χ1) is 9.70. The van der Waals surface area contributed by atoms with E-state index in [-0.39, 0.29) is 18.6 Å². The Labute approximate surface area is 120 Å². The molecule has 4 heteroatoms. The SMILES string of the molecule is CCCCOc1ccc(CC2COCC(=O)N2C)cc1. The molecule has 1 unspecified atom stereocenters. The Morgan fingerprint density at radius 3 is 2.80 bits per heavy atom. The van der Waals surface area contributed by atoms with E-state index in [9.17, 15) is 4.79 Å². The van der Waals surface area contributed by atoms with Crippen LogP contribution in [0.25, 0.3) is 0 Å². The molecule has 110 valence electrons. The molecule has 1 saturated heterocycles. The van der Waals surface area contributed by atoms with E-state index in [1.54, 1.807) is 4.90 Å². The molecule has 1 aliphatic rings. The zero-order chi connectivity index (χ0) is 14.4. The Morgan fingerprint density at radius 1 is 1.35 bits per heavy atom. The minimum Gasteiger partial charge on any atom is -0.494 e. The monoisotopic (exact) mass is 277 g/mol. The number of likely N-dealkylation sites (N-methyl/N-ethyl adjacent to an activating group) is 1. The average Bonchev–Trinajstić information content (AvgIpc) is 2.46. The average molecular weight is 277 g/mol. The number of amides is 1. The molecule has 1 fully saturated rings. The minimum absolute atomic E-state index is 0.0563. The van der Waals surface area contributed by atoms with E-state index in [1.807, 2.05) is 19.2 Å². The molecule has 0 bridgehead atoms. The van der Waals surface area contributed by atoms with Gasteiger partial charge in [0.25, 0.3) is 0 Å². The van der Waals surface area contributed by atoms with Crippen molar-refractivity contribution in [1.82, 2.24) is 4.90 Å². The van der Waals surface area contributed by atoms with Gasteiger partial charge in [-0.05, 0) is 30.5 Å². The summed E-state index contributed by atoms with van der Waals surface area (Å²) in [6, 6.07) is 8.25. The molecule has 1 aliphatic heterocycles. The van der Waals surface area contributed by atoms with Crippen LogP contribution >= 0.6 is 0 Å². The first-order valence-corrected chi connectivity index (χ1v) is 7.26. The van der Waals surface area contributed by atoms with Crippen LogP contribution in [-0.2, 0) is 16.0 Å². The summed E-state index contributed by atoms with van der Waals surface area (Å²) in [5, 5.41) is 0. The maximum Gasteiger partial charge on any atom is 0.248 e. The number of unbranched alkanes of at least 4 members (excludes halogenated alkanes) is 1. The van der Waals surface area contributed by atoms with Gasteiger partial charge in [-0.3, -0.25) is 4.79 Å². The molecule has 2 rings (SSSR count). The largest absolute Gasteiger partial charge is 0.494 e. The van der Waals surface area contributed by atoms with Crippen molar-refractivity contribution in [2.75, 3.05) is 26.9 Å². The molecule has 1 atom stereocenters. The highest BCUT2D eigenvalue weighted by atomic mass is 16.5. The molecule has 20 heavy (non-hydrogen) atoms. The van der Waals surface area contributed by atoms with Gasteiger partial charge in [0.15, 0.2) is 0 Å². The highest BCUT2D eigenvalue weighted by Crippen LogP contribution is 2.16. The number of carbonyl (C=O) groups excluding carboxylic acids is 1. The quantitative estimate of drug-likeness (QED) is 0.749. The van der Waals surface area contributed by atoms with Crippen LogP contribution in [0.3, 0.4) is 0 Å². The van der Waals surface area contributed by atoms with Gasteiger partial charge in [0.2, 0.25) is 5.91 Å². The van der Waals surface area contributed by atoms with Crippen LogP contribution in [0.15, 0.2) is 24.3 Å². The van der Waals surface area contributed by atoms with Crippen molar-refractivity contribution in [3.8, 4) is 5.75 Å². The van der Waals surface area contributed by atoms with Crippen LogP contribution in [-0.4, -0.2) is 43.7 Å². The van der Waals surface area contributed by atoms with Gasteiger partial charge in [-0.25, -0.2) is 0 Å². The van der Waals surface area contributed by atoms with Gasteiger partial charge < -0.3 is 14.4 Å². The summed E-state index contributed by atoms with van der Waals surface area (Å²) in [7, 11) is 1.84. The molecule has 1 heterocycles. The summed E-state index contributed by atoms with van der Waals surface area (Å²) in [6.45, 7) is 3.73. The minimum atomic E-state index is 0.0563. The molecule has 1 amide bonds. The molecule has 0 saturated carbocycles. The Morgan fingerprint density at radius 2 is 2.10 bits per heavy atom. The van der Waals surface area contributed by atoms with Crippen molar-refractivity contribution < 1.29 is 14.3 Å². The predicted octanol–water partition coefficient (Wildman–Crippen LogP) is 2.27. The van der Waals surface area contributed by atoms with Crippen LogP contribution in [0.2, 0.25) is 0 Å². The first-order valence-electron chi connectivity index (χ1n) is 7.26. The first kappa shape index (κ1) is 14.9. The van der Waals surface area contributed by atoms with Crippen LogP contribution in [0.4, 0.5) is 0 Å². The summed E-state index contributed by atoms with van der Waals surface area (Å²) in [5.74, 6) is 0.965. The van der Waals surface area contributed by atoms with Gasteiger partial charge >= 0.3 is 0 Å². The van der Waals surface area contributed by atoms with Crippen molar-refractivity contribution in [2.45, 2.75) is 32.2 Å². The van der Waals surface area contributed by atoms with Crippen LogP contribution in [0.1, 0.15) is 25.3 Å². The second-order valence-electron chi connectivity index (χ2n) is 5.22. The third-order valence-corrected chi connectivity index (χ3v) is 3.64. The number of benzene rings is 1. The Kier molecular flexibility index (Phi) is 5.41. The summed E-state index contributed by atoms with van der Waals surface area (Å²) in [4.78, 5) is 13.4. The normalized spacial score (nSPS) is 19.2. The van der Waals surface area contributed by atoms with Gasteiger partial charge in [0.1, 0.15) is 12.4 Å². The van der Waals surface area contributed by atoms with Gasteiger partial charge in [0.05, 0.1) is 19.3 Å². The molecule has 1 aromatic rings. The zero-order valence-corrected chi connectivity index (χ0v) is 12.3. The number of carbonyl (C=O) groups is 1. The van der Waals surface area contributed by atoms with Gasteiger partial charge in [-0.15, -0.1) is 0 Å². The van der Waals surface area contributed by atoms with Crippen molar-refractivity contribution in [2.24, 2.45) is 0 Å². The maximum atomic E-state index is 11.6. The Balaban J connectivity index is 1.88. The lowest BCUT2D eigenvalue weighted by Gasteiger charge is -2.32. The van der Waals surface area contributed by atoms with Crippen molar-refractivity contribution in [3.63, 3.8) is 0 Å². The zero-order valence-electron chi connectivity index (χ0n) is 12.3. The molecule has 0 radical (unpaired) electrons. The lowest BCUT2D eigenvalue weighted by Crippen LogP contribution is -2.47. The molecule has 0 N–H and O–H groups in total. The van der Waals surface area contributed by atoms with Gasteiger partial charge in [-0.1, -0.05) is 25.5 Å². The number of nitrogens with zero attached hydrogens (tertiary/aromatic N) is 1. The fourth-order valence-electron chi connectivity index (χ4n) is 2.22. The number of hydrogen-bond donors (Lipinski definition) is 0. The van der Waals surface area contributed by atoms with Gasteiger partial charge in [-0.2, -0.15) is 0 Å². The van der Waals surface area contributed by atoms with E-state index in [4.69, 9.17) is 9.47 Å². The summed E-state index contributed by atoms with van der Waals surface area (Å²) >= 11 is 0. The summed E-state index contributed by atoms with van der Waals surface area (Å²) < 4.78 is 11.0. The van der Waals surface area contributed by atoms with Crippen LogP contribution < -0.4 is 4.74 Å². The topological polar surface area (TPSA) is 38.8 Å². The Bertz CT molecular complexity index is 430. The third-order valence-electron chi connectivity index (χ3n) is 3.64. The summed E-state index contributed by atoms with van der Waals surface area (Å²) in [5.41, 5.74) is 1.20. The van der Waals surface area contributed by atoms with E-state index < -0.39 is 0 Å². The molecule has 4 nitrogen and oxygen atoms in total. The standard InChI is InChI=1S/C16H23NO3/c1-3-4-9-20-15-7-5-13(6-8-15)10-14-11-19-12-16(18)17(14)2/h5-8,14H,3-4,9-12H2,1-2H3. The van der Waals surface area contributed by atoms with E-state index in [0.29, 0.717) is 6.61 Å². The number of ether oxygens (including phenoxy) is 2. The van der Waals surface area contributed by atoms with E-state index in [0.717, 1.165) is 31.6 Å². The Hall–Kier alpha value is -1.55. The molecule has 1 aromatic carbocycles. The third kappa shape index (κ3) is 3.97. The highest BCUT2D eigenvalue weighted by Gasteiger charge is 2.25. The molecule has 0 spiro atoms. The smallest absolute Gasteiger partial charge is 0.248 e. The lowest BCUT2D eigenvalue weighted by molar-refractivity contribution is -0.145. The number of morpholine rings is 1. The van der Waals surface area contributed by atoms with E-state index in [2.05, 4.69) is 19.1 Å². The van der Waals surface area contributed by atoms with Gasteiger partial charge in [0, 0.05) is 7.05 Å². The van der Waals surface area contributed by atoms with Crippen LogP contribution in [0, 0.1) is 0 Å². The fourth-order valence-corrected chi connectivity index (χ4v) is 2.22. The van der Waals surface area contributed by atoms with E-state index in [1.165, 1.54) is 5.56 Å². The maximum absolute atomic E-state index is 11.6. The van der Waals surface area contributed by atoms with Crippen molar-refractivity contribution in [1.29, 1.82) is 0 Å². The number of rotatable bonds is 6. The second kappa shape index (κ2) is 7.29. The lowest BCUT2D eigenvalue weighted by atomic mass is 10.0. The fraction of sp³-hybridized carbons (Fsp3) is 0.562. The number of hydrogen-bond acceptors (Lipinski definition) is 3.